The van der Waals surface area contributed by atoms with Gasteiger partial charge in [-0.25, -0.2) is 4.98 Å². The van der Waals surface area contributed by atoms with Gasteiger partial charge in [0, 0.05) is 22.4 Å². The maximum atomic E-state index is 5.37. The van der Waals surface area contributed by atoms with Crippen molar-refractivity contribution >= 4 is 22.7 Å². The Balaban J connectivity index is 1.51. The highest BCUT2D eigenvalue weighted by Gasteiger charge is 2.25. The molecule has 0 bridgehead atoms. The zero-order chi connectivity index (χ0) is 27.8. The van der Waals surface area contributed by atoms with Crippen LogP contribution < -0.4 is 9.47 Å². The monoisotopic (exact) mass is 562 g/mol. The van der Waals surface area contributed by atoms with Crippen LogP contribution >= 0.6 is 22.7 Å². The van der Waals surface area contributed by atoms with Crippen molar-refractivity contribution < 1.29 is 9.47 Å². The summed E-state index contributed by atoms with van der Waals surface area (Å²) in [5, 5.41) is 0. The topological polar surface area (TPSA) is 36.3 Å². The van der Waals surface area contributed by atoms with E-state index in [0.717, 1.165) is 34.3 Å². The predicted molar refractivity (Wildman–Crippen MR) is 169 cm³/mol. The highest BCUT2D eigenvalue weighted by atomic mass is 32.1. The lowest BCUT2D eigenvalue weighted by Crippen LogP contribution is -1.95. The van der Waals surface area contributed by atoms with E-state index in [0.29, 0.717) is 0 Å². The Bertz CT molecular complexity index is 1780. The molecule has 0 saturated heterocycles. The van der Waals surface area contributed by atoms with Crippen LogP contribution in [0.4, 0.5) is 0 Å². The third-order valence-corrected chi connectivity index (χ3v) is 9.73. The van der Waals surface area contributed by atoms with Crippen LogP contribution in [0.1, 0.15) is 11.1 Å². The smallest absolute Gasteiger partial charge is 0.140 e. The first kappa shape index (κ1) is 26.1. The third-order valence-electron chi connectivity index (χ3n) is 7.14. The van der Waals surface area contributed by atoms with Crippen molar-refractivity contribution in [3.8, 4) is 64.9 Å². The number of benzene rings is 3. The molecule has 3 aromatic carbocycles. The van der Waals surface area contributed by atoms with Gasteiger partial charge in [0.25, 0.3) is 0 Å². The first-order chi connectivity index (χ1) is 19.5. The molecule has 40 heavy (non-hydrogen) atoms. The molecule has 0 unspecified atom stereocenters. The van der Waals surface area contributed by atoms with Gasteiger partial charge in [-0.2, -0.15) is 0 Å². The van der Waals surface area contributed by atoms with Crippen LogP contribution in [-0.4, -0.2) is 23.8 Å². The number of aromatic nitrogens is 2. The molecule has 0 aliphatic heterocycles. The van der Waals surface area contributed by atoms with Gasteiger partial charge in [-0.1, -0.05) is 30.3 Å². The summed E-state index contributed by atoms with van der Waals surface area (Å²) in [6, 6.07) is 31.5. The number of hydrogen-bond acceptors (Lipinski definition) is 5. The summed E-state index contributed by atoms with van der Waals surface area (Å²) in [7, 11) is 5.53. The van der Waals surface area contributed by atoms with Gasteiger partial charge in [0.05, 0.1) is 29.7 Å². The Morgan fingerprint density at radius 1 is 0.625 bits per heavy atom. The van der Waals surface area contributed by atoms with Gasteiger partial charge >= 0.3 is 0 Å². The molecule has 0 atom stereocenters. The Morgan fingerprint density at radius 3 is 1.65 bits per heavy atom. The molecular formula is C34H30N2O2S2. The second-order valence-corrected chi connectivity index (χ2v) is 11.9. The number of ether oxygens (including phenoxy) is 2. The Labute approximate surface area is 243 Å². The van der Waals surface area contributed by atoms with E-state index in [-0.39, 0.29) is 0 Å². The molecular weight excluding hydrogens is 533 g/mol. The van der Waals surface area contributed by atoms with E-state index < -0.39 is 0 Å². The summed E-state index contributed by atoms with van der Waals surface area (Å²) in [6.07, 6.45) is 0. The third kappa shape index (κ3) is 4.74. The molecule has 0 radical (unpaired) electrons. The second-order valence-electron chi connectivity index (χ2n) is 9.76. The van der Waals surface area contributed by atoms with E-state index in [1.165, 1.54) is 41.8 Å². The maximum Gasteiger partial charge on any atom is 0.140 e. The van der Waals surface area contributed by atoms with Crippen LogP contribution in [0, 0.1) is 13.8 Å². The molecule has 0 fully saturated rings. The first-order valence-corrected chi connectivity index (χ1v) is 14.7. The van der Waals surface area contributed by atoms with Crippen LogP contribution in [0.2, 0.25) is 0 Å². The zero-order valence-electron chi connectivity index (χ0n) is 23.2. The fourth-order valence-corrected chi connectivity index (χ4v) is 7.42. The van der Waals surface area contributed by atoms with Gasteiger partial charge in [-0.3, -0.25) is 0 Å². The molecule has 0 aliphatic carbocycles. The van der Waals surface area contributed by atoms with Crippen molar-refractivity contribution in [2.24, 2.45) is 7.05 Å². The standard InChI is InChI=1S/C34H30N2O2S2/c1-21-19-28(23-11-15-26(37-4)16-12-23)39-32(21)30-31(36(3)34(35-30)25-9-7-6-8-10-25)33-22(2)20-29(40-33)24-13-17-27(38-5)18-14-24/h6-20H,1-5H3. The minimum atomic E-state index is 0.859. The largest absolute Gasteiger partial charge is 0.497 e. The molecule has 6 heteroatoms. The quantitative estimate of drug-likeness (QED) is 0.194. The maximum absolute atomic E-state index is 5.37. The minimum absolute atomic E-state index is 0.859. The number of aryl methyl sites for hydroxylation is 2. The van der Waals surface area contributed by atoms with Crippen LogP contribution in [0.3, 0.4) is 0 Å². The van der Waals surface area contributed by atoms with Gasteiger partial charge in [-0.05, 0) is 96.8 Å². The minimum Gasteiger partial charge on any atom is -0.497 e. The number of methoxy groups -OCH3 is 2. The highest BCUT2D eigenvalue weighted by molar-refractivity contribution is 7.20. The van der Waals surface area contributed by atoms with Gasteiger partial charge < -0.3 is 14.0 Å². The van der Waals surface area contributed by atoms with Gasteiger partial charge in [0.1, 0.15) is 23.0 Å². The van der Waals surface area contributed by atoms with E-state index in [1.54, 1.807) is 25.6 Å². The number of hydrogen-bond donors (Lipinski definition) is 0. The second kappa shape index (κ2) is 10.8. The van der Waals surface area contributed by atoms with E-state index in [1.807, 2.05) is 41.7 Å². The van der Waals surface area contributed by atoms with Crippen molar-refractivity contribution in [2.75, 3.05) is 14.2 Å². The SMILES string of the molecule is COc1ccc(-c2cc(C)c(-c3nc(-c4ccccc4)n(C)c3-c3sc(-c4ccc(OC)cc4)cc3C)s2)cc1. The molecule has 6 rings (SSSR count). The first-order valence-electron chi connectivity index (χ1n) is 13.1. The summed E-state index contributed by atoms with van der Waals surface area (Å²) in [5.74, 6) is 2.68. The number of thiophene rings is 2. The summed E-state index contributed by atoms with van der Waals surface area (Å²) in [5.41, 5.74) is 8.09. The molecule has 0 saturated carbocycles. The van der Waals surface area contributed by atoms with Crippen LogP contribution in [0.5, 0.6) is 11.5 Å². The van der Waals surface area contributed by atoms with E-state index in [4.69, 9.17) is 14.5 Å². The summed E-state index contributed by atoms with van der Waals surface area (Å²) in [6.45, 7) is 4.38. The van der Waals surface area contributed by atoms with Crippen molar-refractivity contribution in [2.45, 2.75) is 13.8 Å². The molecule has 0 N–H and O–H groups in total. The Morgan fingerprint density at radius 2 is 1.12 bits per heavy atom. The average Bonchev–Trinajstić information content (AvgIpc) is 3.67. The lowest BCUT2D eigenvalue weighted by Gasteiger charge is -2.07. The van der Waals surface area contributed by atoms with E-state index >= 15 is 0 Å². The molecule has 3 heterocycles. The zero-order valence-corrected chi connectivity index (χ0v) is 24.8. The number of rotatable bonds is 7. The summed E-state index contributed by atoms with van der Waals surface area (Å²) >= 11 is 3.61. The molecule has 4 nitrogen and oxygen atoms in total. The van der Waals surface area contributed by atoms with Gasteiger partial charge in [0.15, 0.2) is 0 Å². The van der Waals surface area contributed by atoms with Crippen LogP contribution in [-0.2, 0) is 7.05 Å². The molecule has 0 aliphatic rings. The normalized spacial score (nSPS) is 11.1. The fourth-order valence-electron chi connectivity index (χ4n) is 4.99. The van der Waals surface area contributed by atoms with Crippen LogP contribution in [0.15, 0.2) is 91.0 Å². The Hall–Kier alpha value is -4.13. The van der Waals surface area contributed by atoms with Crippen LogP contribution in [0.25, 0.3) is 53.4 Å². The van der Waals surface area contributed by atoms with Gasteiger partial charge in [0.2, 0.25) is 0 Å². The number of nitrogens with zero attached hydrogens (tertiary/aromatic N) is 2. The van der Waals surface area contributed by atoms with Crippen molar-refractivity contribution in [1.82, 2.24) is 9.55 Å². The number of imidazole rings is 1. The average molecular weight is 563 g/mol. The van der Waals surface area contributed by atoms with E-state index in [2.05, 4.69) is 86.1 Å². The predicted octanol–water partition coefficient (Wildman–Crippen LogP) is 9.51. The summed E-state index contributed by atoms with van der Waals surface area (Å²) in [4.78, 5) is 10.2. The summed E-state index contributed by atoms with van der Waals surface area (Å²) < 4.78 is 13.0. The molecule has 0 spiro atoms. The fraction of sp³-hybridized carbons (Fsp3) is 0.147. The van der Waals surface area contributed by atoms with Crippen molar-refractivity contribution in [3.05, 3.63) is 102 Å². The molecule has 3 aromatic heterocycles. The Kier molecular flexibility index (Phi) is 7.05. The highest BCUT2D eigenvalue weighted by Crippen LogP contribution is 2.47. The van der Waals surface area contributed by atoms with Gasteiger partial charge in [-0.15, -0.1) is 22.7 Å². The molecule has 6 aromatic rings. The molecule has 200 valence electrons. The molecule has 0 amide bonds. The lowest BCUT2D eigenvalue weighted by molar-refractivity contribution is 0.415. The van der Waals surface area contributed by atoms with Crippen molar-refractivity contribution in [1.29, 1.82) is 0 Å². The lowest BCUT2D eigenvalue weighted by atomic mass is 10.1. The van der Waals surface area contributed by atoms with Crippen molar-refractivity contribution in [3.63, 3.8) is 0 Å². The van der Waals surface area contributed by atoms with E-state index in [9.17, 15) is 0 Å².